The summed E-state index contributed by atoms with van der Waals surface area (Å²) in [6.45, 7) is 6.32. The van der Waals surface area contributed by atoms with Crippen molar-refractivity contribution in [1.29, 1.82) is 0 Å². The Morgan fingerprint density at radius 2 is 1.79 bits per heavy atom. The van der Waals surface area contributed by atoms with Gasteiger partial charge in [-0.2, -0.15) is 0 Å². The zero-order chi connectivity index (χ0) is 14.1. The van der Waals surface area contributed by atoms with E-state index in [1.54, 1.807) is 4.90 Å². The maximum atomic E-state index is 11.7. The molecule has 0 atom stereocenters. The molecule has 0 radical (unpaired) electrons. The van der Waals surface area contributed by atoms with Crippen LogP contribution in [0.1, 0.15) is 46.0 Å². The molecule has 0 bridgehead atoms. The maximum absolute atomic E-state index is 11.7. The van der Waals surface area contributed by atoms with Crippen LogP contribution >= 0.6 is 0 Å². The molecule has 2 N–H and O–H groups in total. The Balaban J connectivity index is 2.06. The van der Waals surface area contributed by atoms with Crippen molar-refractivity contribution in [3.63, 3.8) is 0 Å². The second kappa shape index (κ2) is 8.91. The normalized spacial score (nSPS) is 15.5. The Kier molecular flexibility index (Phi) is 7.48. The average molecular weight is 269 g/mol. The van der Waals surface area contributed by atoms with Crippen LogP contribution in [-0.4, -0.2) is 48.9 Å². The van der Waals surface area contributed by atoms with Gasteiger partial charge in [-0.1, -0.05) is 12.8 Å². The Labute approximate surface area is 116 Å². The number of hydrogen-bond acceptors (Lipinski definition) is 3. The molecule has 0 aliphatic heterocycles. The van der Waals surface area contributed by atoms with Gasteiger partial charge >= 0.3 is 0 Å². The highest BCUT2D eigenvalue weighted by Crippen LogP contribution is 2.17. The van der Waals surface area contributed by atoms with Crippen LogP contribution < -0.4 is 10.6 Å². The number of carbonyl (C=O) groups excluding carboxylic acids is 2. The van der Waals surface area contributed by atoms with Gasteiger partial charge in [-0.05, 0) is 26.7 Å². The van der Waals surface area contributed by atoms with E-state index in [9.17, 15) is 9.59 Å². The van der Waals surface area contributed by atoms with Gasteiger partial charge in [0.25, 0.3) is 0 Å². The van der Waals surface area contributed by atoms with Gasteiger partial charge in [0.15, 0.2) is 0 Å². The van der Waals surface area contributed by atoms with Crippen LogP contribution in [0.3, 0.4) is 0 Å². The summed E-state index contributed by atoms with van der Waals surface area (Å²) in [7, 11) is 0. The fourth-order valence-electron chi connectivity index (χ4n) is 2.48. The van der Waals surface area contributed by atoms with Gasteiger partial charge in [0.1, 0.15) is 0 Å². The van der Waals surface area contributed by atoms with Crippen LogP contribution in [0, 0.1) is 0 Å². The van der Waals surface area contributed by atoms with Crippen molar-refractivity contribution < 1.29 is 9.59 Å². The monoisotopic (exact) mass is 269 g/mol. The smallest absolute Gasteiger partial charge is 0.234 e. The quantitative estimate of drug-likeness (QED) is 0.643. The van der Waals surface area contributed by atoms with Crippen molar-refractivity contribution in [3.05, 3.63) is 0 Å². The zero-order valence-corrected chi connectivity index (χ0v) is 12.2. The lowest BCUT2D eigenvalue weighted by Crippen LogP contribution is -2.40. The minimum absolute atomic E-state index is 0.0437. The number of amides is 2. The molecule has 1 aliphatic carbocycles. The third kappa shape index (κ3) is 6.05. The standard InChI is InChI=1S/C14H27N3O2/c1-3-17(4-2)14(19)9-10-15-11-13(18)16-12-7-5-6-8-12/h12,15H,3-11H2,1-2H3,(H,16,18). The fourth-order valence-corrected chi connectivity index (χ4v) is 2.48. The molecule has 0 spiro atoms. The number of rotatable bonds is 8. The third-order valence-corrected chi connectivity index (χ3v) is 3.64. The molecule has 2 amide bonds. The molecule has 1 rings (SSSR count). The topological polar surface area (TPSA) is 61.4 Å². The van der Waals surface area contributed by atoms with E-state index in [0.717, 1.165) is 25.9 Å². The zero-order valence-electron chi connectivity index (χ0n) is 12.2. The Bertz CT molecular complexity index is 284. The van der Waals surface area contributed by atoms with Crippen LogP contribution in [0.2, 0.25) is 0 Å². The second-order valence-corrected chi connectivity index (χ2v) is 5.04. The predicted octanol–water partition coefficient (Wildman–Crippen LogP) is 0.893. The van der Waals surface area contributed by atoms with Gasteiger partial charge in [-0.3, -0.25) is 9.59 Å². The van der Waals surface area contributed by atoms with Crippen molar-refractivity contribution in [1.82, 2.24) is 15.5 Å². The van der Waals surface area contributed by atoms with Crippen molar-refractivity contribution in [2.45, 2.75) is 52.0 Å². The fraction of sp³-hybridized carbons (Fsp3) is 0.857. The molecule has 110 valence electrons. The summed E-state index contributed by atoms with van der Waals surface area (Å²) < 4.78 is 0. The van der Waals surface area contributed by atoms with Crippen molar-refractivity contribution in [2.75, 3.05) is 26.2 Å². The first kappa shape index (κ1) is 16.0. The highest BCUT2D eigenvalue weighted by Gasteiger charge is 2.16. The minimum Gasteiger partial charge on any atom is -0.352 e. The predicted molar refractivity (Wildman–Crippen MR) is 75.8 cm³/mol. The molecule has 5 nitrogen and oxygen atoms in total. The van der Waals surface area contributed by atoms with Crippen molar-refractivity contribution in [2.24, 2.45) is 0 Å². The summed E-state index contributed by atoms with van der Waals surface area (Å²) in [4.78, 5) is 25.1. The molecule has 0 saturated heterocycles. The van der Waals surface area contributed by atoms with E-state index < -0.39 is 0 Å². The van der Waals surface area contributed by atoms with Crippen molar-refractivity contribution >= 4 is 11.8 Å². The summed E-state index contributed by atoms with van der Waals surface area (Å²) in [6, 6.07) is 0.367. The summed E-state index contributed by atoms with van der Waals surface area (Å²) >= 11 is 0. The lowest BCUT2D eigenvalue weighted by Gasteiger charge is -2.18. The van der Waals surface area contributed by atoms with Crippen LogP contribution in [-0.2, 0) is 9.59 Å². The van der Waals surface area contributed by atoms with Crippen LogP contribution in [0.4, 0.5) is 0 Å². The molecular formula is C14H27N3O2. The first-order chi connectivity index (χ1) is 9.17. The summed E-state index contributed by atoms with van der Waals surface area (Å²) in [6.07, 6.45) is 5.10. The average Bonchev–Trinajstić information content (AvgIpc) is 2.89. The molecule has 0 aromatic rings. The van der Waals surface area contributed by atoms with E-state index in [-0.39, 0.29) is 11.8 Å². The van der Waals surface area contributed by atoms with Crippen molar-refractivity contribution in [3.8, 4) is 0 Å². The van der Waals surface area contributed by atoms with E-state index in [4.69, 9.17) is 0 Å². The van der Waals surface area contributed by atoms with E-state index in [0.29, 0.717) is 25.6 Å². The molecule has 0 heterocycles. The van der Waals surface area contributed by atoms with Gasteiger partial charge in [-0.25, -0.2) is 0 Å². The molecular weight excluding hydrogens is 242 g/mol. The molecule has 0 unspecified atom stereocenters. The second-order valence-electron chi connectivity index (χ2n) is 5.04. The van der Waals surface area contributed by atoms with Gasteiger partial charge in [0, 0.05) is 32.1 Å². The molecule has 1 aliphatic rings. The first-order valence-corrected chi connectivity index (χ1v) is 7.45. The van der Waals surface area contributed by atoms with Gasteiger partial charge in [0.2, 0.25) is 11.8 Å². The van der Waals surface area contributed by atoms with E-state index >= 15 is 0 Å². The summed E-state index contributed by atoms with van der Waals surface area (Å²) in [5.41, 5.74) is 0. The summed E-state index contributed by atoms with van der Waals surface area (Å²) in [5, 5.41) is 6.05. The van der Waals surface area contributed by atoms with E-state index in [2.05, 4.69) is 10.6 Å². The molecule has 0 aromatic carbocycles. The maximum Gasteiger partial charge on any atom is 0.234 e. The Morgan fingerprint density at radius 1 is 1.16 bits per heavy atom. The van der Waals surface area contributed by atoms with Crippen LogP contribution in [0.25, 0.3) is 0 Å². The molecule has 0 aromatic heterocycles. The Hall–Kier alpha value is -1.10. The highest BCUT2D eigenvalue weighted by atomic mass is 16.2. The molecule has 19 heavy (non-hydrogen) atoms. The summed E-state index contributed by atoms with van der Waals surface area (Å²) in [5.74, 6) is 0.191. The van der Waals surface area contributed by atoms with E-state index in [1.807, 2.05) is 13.8 Å². The minimum atomic E-state index is 0.0437. The number of hydrogen-bond donors (Lipinski definition) is 2. The number of nitrogens with zero attached hydrogens (tertiary/aromatic N) is 1. The van der Waals surface area contributed by atoms with Crippen LogP contribution in [0.15, 0.2) is 0 Å². The number of carbonyl (C=O) groups is 2. The lowest BCUT2D eigenvalue weighted by molar-refractivity contribution is -0.131. The van der Waals surface area contributed by atoms with Gasteiger partial charge < -0.3 is 15.5 Å². The lowest BCUT2D eigenvalue weighted by atomic mass is 10.2. The van der Waals surface area contributed by atoms with Gasteiger partial charge in [0.05, 0.1) is 6.54 Å². The van der Waals surface area contributed by atoms with E-state index in [1.165, 1.54) is 12.8 Å². The third-order valence-electron chi connectivity index (χ3n) is 3.64. The number of nitrogens with one attached hydrogen (secondary N) is 2. The SMILES string of the molecule is CCN(CC)C(=O)CCNCC(=O)NC1CCCC1. The molecule has 5 heteroatoms. The highest BCUT2D eigenvalue weighted by molar-refractivity contribution is 5.79. The largest absolute Gasteiger partial charge is 0.352 e. The molecule has 1 saturated carbocycles. The van der Waals surface area contributed by atoms with Gasteiger partial charge in [-0.15, -0.1) is 0 Å². The first-order valence-electron chi connectivity index (χ1n) is 7.45. The Morgan fingerprint density at radius 3 is 2.37 bits per heavy atom. The van der Waals surface area contributed by atoms with Crippen LogP contribution in [0.5, 0.6) is 0 Å². The molecule has 1 fully saturated rings.